The number of aromatic carboxylic acids is 1. The number of nitrogens with zero attached hydrogens (tertiary/aromatic N) is 1. The summed E-state index contributed by atoms with van der Waals surface area (Å²) in [6, 6.07) is 2.72. The Bertz CT molecular complexity index is 483. The molecule has 104 valence electrons. The van der Waals surface area contributed by atoms with Crippen LogP contribution < -0.4 is 4.90 Å². The highest BCUT2D eigenvalue weighted by molar-refractivity contribution is 5.94. The number of anilines is 1. The number of benzene rings is 1. The van der Waals surface area contributed by atoms with E-state index in [9.17, 15) is 18.0 Å². The van der Waals surface area contributed by atoms with E-state index < -0.39 is 17.7 Å². The van der Waals surface area contributed by atoms with Gasteiger partial charge in [0.1, 0.15) is 0 Å². The number of hydrogen-bond donors (Lipinski definition) is 1. The van der Waals surface area contributed by atoms with E-state index in [0.29, 0.717) is 19.2 Å². The maximum atomic E-state index is 12.6. The second-order valence-electron chi connectivity index (χ2n) is 3.86. The molecule has 6 heteroatoms. The van der Waals surface area contributed by atoms with Gasteiger partial charge in [-0.05, 0) is 25.1 Å². The Balaban J connectivity index is 3.33. The first-order valence-corrected chi connectivity index (χ1v) is 5.61. The van der Waals surface area contributed by atoms with Gasteiger partial charge in [-0.3, -0.25) is 0 Å². The molecule has 1 aromatic carbocycles. The van der Waals surface area contributed by atoms with Gasteiger partial charge in [0.05, 0.1) is 16.8 Å². The Morgan fingerprint density at radius 1 is 1.47 bits per heavy atom. The standard InChI is InChI=1S/C13H14F3NO2/c1-3-7-17(4-2)11-6-5-9(13(14,15)16)8-10(11)12(18)19/h3,5-6,8H,1,4,7H2,2H3,(H,18,19). The smallest absolute Gasteiger partial charge is 0.416 e. The summed E-state index contributed by atoms with van der Waals surface area (Å²) >= 11 is 0. The molecule has 0 saturated carbocycles. The maximum absolute atomic E-state index is 12.6. The van der Waals surface area contributed by atoms with Crippen molar-refractivity contribution in [3.8, 4) is 0 Å². The van der Waals surface area contributed by atoms with Crippen LogP contribution in [0.25, 0.3) is 0 Å². The van der Waals surface area contributed by atoms with Crippen LogP contribution in [0.3, 0.4) is 0 Å². The minimum atomic E-state index is -4.56. The van der Waals surface area contributed by atoms with E-state index >= 15 is 0 Å². The first-order chi connectivity index (χ1) is 8.81. The summed E-state index contributed by atoms with van der Waals surface area (Å²) in [7, 11) is 0. The summed E-state index contributed by atoms with van der Waals surface area (Å²) < 4.78 is 37.7. The second-order valence-corrected chi connectivity index (χ2v) is 3.86. The summed E-state index contributed by atoms with van der Waals surface area (Å²) in [4.78, 5) is 12.7. The number of hydrogen-bond acceptors (Lipinski definition) is 2. The third-order valence-corrected chi connectivity index (χ3v) is 2.63. The zero-order chi connectivity index (χ0) is 14.6. The van der Waals surface area contributed by atoms with Crippen molar-refractivity contribution in [3.63, 3.8) is 0 Å². The van der Waals surface area contributed by atoms with Crippen molar-refractivity contribution in [2.24, 2.45) is 0 Å². The van der Waals surface area contributed by atoms with Crippen LogP contribution in [0.15, 0.2) is 30.9 Å². The molecule has 1 N–H and O–H groups in total. The Morgan fingerprint density at radius 3 is 2.53 bits per heavy atom. The number of alkyl halides is 3. The van der Waals surface area contributed by atoms with Gasteiger partial charge in [-0.1, -0.05) is 6.08 Å². The fourth-order valence-corrected chi connectivity index (χ4v) is 1.71. The van der Waals surface area contributed by atoms with Crippen molar-refractivity contribution in [3.05, 3.63) is 42.0 Å². The molecule has 3 nitrogen and oxygen atoms in total. The van der Waals surface area contributed by atoms with E-state index in [4.69, 9.17) is 5.11 Å². The normalized spacial score (nSPS) is 11.2. The van der Waals surface area contributed by atoms with Crippen molar-refractivity contribution >= 4 is 11.7 Å². The third kappa shape index (κ3) is 3.49. The lowest BCUT2D eigenvalue weighted by Gasteiger charge is -2.23. The molecule has 1 rings (SSSR count). The van der Waals surface area contributed by atoms with Crippen LogP contribution in [0.4, 0.5) is 18.9 Å². The molecule has 1 aromatic rings. The molecule has 0 aliphatic rings. The molecule has 0 atom stereocenters. The van der Waals surface area contributed by atoms with Gasteiger partial charge in [-0.2, -0.15) is 13.2 Å². The SMILES string of the molecule is C=CCN(CC)c1ccc(C(F)(F)F)cc1C(=O)O. The molecule has 0 spiro atoms. The average Bonchev–Trinajstić information content (AvgIpc) is 2.34. The number of carboxylic acids is 1. The lowest BCUT2D eigenvalue weighted by molar-refractivity contribution is -0.137. The Kier molecular flexibility index (Phi) is 4.58. The molecule has 0 aliphatic heterocycles. The zero-order valence-corrected chi connectivity index (χ0v) is 10.4. The number of halogens is 3. The van der Waals surface area contributed by atoms with Gasteiger partial charge < -0.3 is 10.0 Å². The van der Waals surface area contributed by atoms with Crippen molar-refractivity contribution in [1.82, 2.24) is 0 Å². The maximum Gasteiger partial charge on any atom is 0.416 e. The van der Waals surface area contributed by atoms with E-state index in [-0.39, 0.29) is 11.3 Å². The summed E-state index contributed by atoms with van der Waals surface area (Å²) in [5.41, 5.74) is -1.08. The molecule has 0 heterocycles. The minimum Gasteiger partial charge on any atom is -0.478 e. The van der Waals surface area contributed by atoms with Crippen LogP contribution in [0.1, 0.15) is 22.8 Å². The zero-order valence-electron chi connectivity index (χ0n) is 10.4. The summed E-state index contributed by atoms with van der Waals surface area (Å²) in [6.45, 7) is 6.15. The quantitative estimate of drug-likeness (QED) is 0.836. The predicted octanol–water partition coefficient (Wildman–Crippen LogP) is 3.42. The molecular formula is C13H14F3NO2. The summed E-state index contributed by atoms with van der Waals surface area (Å²) in [6.07, 6.45) is -3.00. The van der Waals surface area contributed by atoms with Gasteiger partial charge in [0.15, 0.2) is 0 Å². The fourth-order valence-electron chi connectivity index (χ4n) is 1.71. The minimum absolute atomic E-state index is 0.253. The highest BCUT2D eigenvalue weighted by Gasteiger charge is 2.32. The van der Waals surface area contributed by atoms with Gasteiger partial charge in [0.2, 0.25) is 0 Å². The number of likely N-dealkylation sites (N-methyl/N-ethyl adjacent to an activating group) is 1. The van der Waals surface area contributed by atoms with Crippen LogP contribution in [0.5, 0.6) is 0 Å². The average molecular weight is 273 g/mol. The fraction of sp³-hybridized carbons (Fsp3) is 0.308. The van der Waals surface area contributed by atoms with E-state index in [1.54, 1.807) is 17.9 Å². The first kappa shape index (κ1) is 15.1. The Morgan fingerprint density at radius 2 is 2.11 bits per heavy atom. The van der Waals surface area contributed by atoms with Crippen LogP contribution in [0.2, 0.25) is 0 Å². The Hall–Kier alpha value is -1.98. The van der Waals surface area contributed by atoms with Gasteiger partial charge in [0, 0.05) is 13.1 Å². The third-order valence-electron chi connectivity index (χ3n) is 2.63. The van der Waals surface area contributed by atoms with Gasteiger partial charge in [-0.25, -0.2) is 4.79 Å². The largest absolute Gasteiger partial charge is 0.478 e. The highest BCUT2D eigenvalue weighted by atomic mass is 19.4. The van der Waals surface area contributed by atoms with E-state index in [2.05, 4.69) is 6.58 Å². The van der Waals surface area contributed by atoms with Crippen LogP contribution in [-0.2, 0) is 6.18 Å². The van der Waals surface area contributed by atoms with Crippen LogP contribution in [0, 0.1) is 0 Å². The molecule has 0 saturated heterocycles. The van der Waals surface area contributed by atoms with Crippen molar-refractivity contribution in [1.29, 1.82) is 0 Å². The first-order valence-electron chi connectivity index (χ1n) is 5.61. The number of carboxylic acid groups (broad SMARTS) is 1. The second kappa shape index (κ2) is 5.77. The molecule has 0 aliphatic carbocycles. The van der Waals surface area contributed by atoms with Crippen molar-refractivity contribution in [2.45, 2.75) is 13.1 Å². The molecular weight excluding hydrogens is 259 g/mol. The molecule has 0 radical (unpaired) electrons. The number of carbonyl (C=O) groups is 1. The molecule has 0 unspecified atom stereocenters. The molecule has 0 bridgehead atoms. The number of rotatable bonds is 5. The summed E-state index contributed by atoms with van der Waals surface area (Å²) in [5.74, 6) is -1.39. The Labute approximate surface area is 109 Å². The molecule has 0 fully saturated rings. The lowest BCUT2D eigenvalue weighted by Crippen LogP contribution is -2.25. The van der Waals surface area contributed by atoms with Gasteiger partial charge in [-0.15, -0.1) is 6.58 Å². The predicted molar refractivity (Wildman–Crippen MR) is 66.5 cm³/mol. The monoisotopic (exact) mass is 273 g/mol. The van der Waals surface area contributed by atoms with Crippen molar-refractivity contribution in [2.75, 3.05) is 18.0 Å². The molecule has 0 aromatic heterocycles. The molecule has 0 amide bonds. The van der Waals surface area contributed by atoms with Gasteiger partial charge in [0.25, 0.3) is 0 Å². The van der Waals surface area contributed by atoms with Crippen LogP contribution >= 0.6 is 0 Å². The van der Waals surface area contributed by atoms with E-state index in [1.165, 1.54) is 6.07 Å². The lowest BCUT2D eigenvalue weighted by atomic mass is 10.1. The van der Waals surface area contributed by atoms with Crippen molar-refractivity contribution < 1.29 is 23.1 Å². The highest BCUT2D eigenvalue weighted by Crippen LogP contribution is 2.33. The van der Waals surface area contributed by atoms with Gasteiger partial charge >= 0.3 is 12.1 Å². The summed E-state index contributed by atoms with van der Waals surface area (Å²) in [5, 5.41) is 9.05. The molecule has 19 heavy (non-hydrogen) atoms. The van der Waals surface area contributed by atoms with E-state index in [1.807, 2.05) is 0 Å². The topological polar surface area (TPSA) is 40.5 Å². The van der Waals surface area contributed by atoms with E-state index in [0.717, 1.165) is 6.07 Å². The van der Waals surface area contributed by atoms with Crippen LogP contribution in [-0.4, -0.2) is 24.2 Å².